The average molecular weight is 346 g/mol. The van der Waals surface area contributed by atoms with Crippen molar-refractivity contribution in [3.05, 3.63) is 0 Å². The molecule has 0 aromatic carbocycles. The van der Waals surface area contributed by atoms with E-state index in [-0.39, 0.29) is 29.3 Å². The Bertz CT molecular complexity index is 561. The van der Waals surface area contributed by atoms with Gasteiger partial charge in [0.2, 0.25) is 5.91 Å². The zero-order valence-electron chi connectivity index (χ0n) is 14.4. The first kappa shape index (κ1) is 17.5. The van der Waals surface area contributed by atoms with Crippen molar-refractivity contribution in [2.24, 2.45) is 10.8 Å². The highest BCUT2D eigenvalue weighted by atomic mass is 19.4. The summed E-state index contributed by atoms with van der Waals surface area (Å²) in [6, 6.07) is -0.875. The van der Waals surface area contributed by atoms with Crippen LogP contribution in [0.4, 0.5) is 13.2 Å². The number of halogens is 3. The number of rotatable bonds is 1. The van der Waals surface area contributed by atoms with Gasteiger partial charge in [-0.05, 0) is 42.9 Å². The van der Waals surface area contributed by atoms with Crippen LogP contribution in [0.15, 0.2) is 0 Å². The molecule has 0 radical (unpaired) electrons. The van der Waals surface area contributed by atoms with Crippen LogP contribution < -0.4 is 0 Å². The quantitative estimate of drug-likeness (QED) is 0.732. The summed E-state index contributed by atoms with van der Waals surface area (Å²) >= 11 is 0. The zero-order chi connectivity index (χ0) is 17.9. The van der Waals surface area contributed by atoms with Crippen molar-refractivity contribution in [1.29, 1.82) is 0 Å². The molecule has 3 rings (SSSR count). The van der Waals surface area contributed by atoms with Gasteiger partial charge in [0.05, 0.1) is 0 Å². The molecule has 136 valence electrons. The molecule has 2 heterocycles. The Morgan fingerprint density at radius 2 is 1.75 bits per heavy atom. The monoisotopic (exact) mass is 346 g/mol. The summed E-state index contributed by atoms with van der Waals surface area (Å²) in [6.45, 7) is 7.11. The van der Waals surface area contributed by atoms with Crippen LogP contribution in [0.3, 0.4) is 0 Å². The maximum atomic E-state index is 12.9. The fourth-order valence-electron chi connectivity index (χ4n) is 5.34. The molecular formula is C17H25F3N2O2. The maximum Gasteiger partial charge on any atom is 0.471 e. The Balaban J connectivity index is 1.78. The minimum atomic E-state index is -4.92. The fraction of sp³-hybridized carbons (Fsp3) is 0.882. The van der Waals surface area contributed by atoms with E-state index in [1.54, 1.807) is 4.90 Å². The molecule has 2 amide bonds. The molecule has 7 heteroatoms. The number of carbonyl (C=O) groups excluding carboxylic acids is 2. The number of fused-ring (bicyclic) bond motifs is 2. The molecule has 3 aliphatic rings. The lowest BCUT2D eigenvalue weighted by Gasteiger charge is -2.39. The number of hydrogen-bond acceptors (Lipinski definition) is 2. The van der Waals surface area contributed by atoms with Crippen LogP contribution in [0.1, 0.15) is 52.9 Å². The first-order valence-electron chi connectivity index (χ1n) is 8.60. The van der Waals surface area contributed by atoms with Crippen molar-refractivity contribution in [3.63, 3.8) is 0 Å². The molecular weight excluding hydrogens is 321 g/mol. The van der Waals surface area contributed by atoms with Gasteiger partial charge < -0.3 is 9.80 Å². The van der Waals surface area contributed by atoms with Gasteiger partial charge in [-0.15, -0.1) is 0 Å². The van der Waals surface area contributed by atoms with Crippen LogP contribution in [-0.2, 0) is 9.59 Å². The van der Waals surface area contributed by atoms with Gasteiger partial charge in [-0.1, -0.05) is 20.8 Å². The SMILES string of the molecule is CC1(C)CC2CC(C)(CN2C(=O)C2CCCN2C(=O)C(F)(F)F)C1. The molecule has 0 N–H and O–H groups in total. The number of carbonyl (C=O) groups is 2. The second-order valence-corrected chi connectivity index (χ2v) is 8.83. The van der Waals surface area contributed by atoms with E-state index in [0.29, 0.717) is 19.4 Å². The highest BCUT2D eigenvalue weighted by molar-refractivity contribution is 5.90. The molecule has 0 aromatic heterocycles. The minimum absolute atomic E-state index is 0.00994. The molecule has 3 fully saturated rings. The molecule has 3 unspecified atom stereocenters. The lowest BCUT2D eigenvalue weighted by Crippen LogP contribution is -2.52. The molecule has 0 spiro atoms. The minimum Gasteiger partial charge on any atom is -0.337 e. The summed E-state index contributed by atoms with van der Waals surface area (Å²) in [6.07, 6.45) is -1.37. The summed E-state index contributed by atoms with van der Waals surface area (Å²) < 4.78 is 38.3. The highest BCUT2D eigenvalue weighted by Crippen LogP contribution is 2.52. The van der Waals surface area contributed by atoms with Crippen molar-refractivity contribution >= 4 is 11.8 Å². The number of hydrogen-bond donors (Lipinski definition) is 0. The van der Waals surface area contributed by atoms with E-state index >= 15 is 0 Å². The Morgan fingerprint density at radius 3 is 2.38 bits per heavy atom. The molecule has 2 bridgehead atoms. The largest absolute Gasteiger partial charge is 0.471 e. The van der Waals surface area contributed by atoms with Crippen molar-refractivity contribution in [2.45, 2.75) is 71.1 Å². The summed E-state index contributed by atoms with van der Waals surface area (Å²) in [4.78, 5) is 27.1. The lowest BCUT2D eigenvalue weighted by atomic mass is 9.65. The molecule has 2 saturated heterocycles. The summed E-state index contributed by atoms with van der Waals surface area (Å²) in [5.74, 6) is -2.18. The van der Waals surface area contributed by atoms with Gasteiger partial charge in [0, 0.05) is 19.1 Å². The highest BCUT2D eigenvalue weighted by Gasteiger charge is 2.54. The molecule has 1 saturated carbocycles. The second kappa shape index (κ2) is 5.36. The summed E-state index contributed by atoms with van der Waals surface area (Å²) in [7, 11) is 0. The first-order chi connectivity index (χ1) is 10.9. The Labute approximate surface area is 140 Å². The van der Waals surface area contributed by atoms with Crippen molar-refractivity contribution in [3.8, 4) is 0 Å². The van der Waals surface area contributed by atoms with Gasteiger partial charge in [-0.3, -0.25) is 9.59 Å². The zero-order valence-corrected chi connectivity index (χ0v) is 14.4. The van der Waals surface area contributed by atoms with Crippen molar-refractivity contribution in [2.75, 3.05) is 13.1 Å². The first-order valence-corrected chi connectivity index (χ1v) is 8.60. The van der Waals surface area contributed by atoms with Gasteiger partial charge in [0.1, 0.15) is 6.04 Å². The van der Waals surface area contributed by atoms with E-state index < -0.39 is 18.1 Å². The normalized spacial score (nSPS) is 35.4. The predicted octanol–water partition coefficient (Wildman–Crippen LogP) is 2.97. The third-order valence-corrected chi connectivity index (χ3v) is 5.74. The van der Waals surface area contributed by atoms with E-state index in [2.05, 4.69) is 20.8 Å². The van der Waals surface area contributed by atoms with E-state index in [1.165, 1.54) is 0 Å². The van der Waals surface area contributed by atoms with Gasteiger partial charge in [0.15, 0.2) is 0 Å². The van der Waals surface area contributed by atoms with Crippen LogP contribution in [0.25, 0.3) is 0 Å². The second-order valence-electron chi connectivity index (χ2n) is 8.83. The smallest absolute Gasteiger partial charge is 0.337 e. The van der Waals surface area contributed by atoms with Crippen LogP contribution >= 0.6 is 0 Å². The number of likely N-dealkylation sites (tertiary alicyclic amines) is 2. The van der Waals surface area contributed by atoms with Gasteiger partial charge in [0.25, 0.3) is 0 Å². The standard InChI is InChI=1S/C17H25F3N2O2/c1-15(2)7-11-8-16(3,9-15)10-22(11)13(23)12-5-4-6-21(12)14(24)17(18,19)20/h11-12H,4-10H2,1-3H3. The Hall–Kier alpha value is -1.27. The molecule has 0 aromatic rings. The number of amides is 2. The van der Waals surface area contributed by atoms with Crippen molar-refractivity contribution in [1.82, 2.24) is 9.80 Å². The van der Waals surface area contributed by atoms with Crippen LogP contribution in [0.5, 0.6) is 0 Å². The molecule has 3 atom stereocenters. The van der Waals surface area contributed by atoms with Crippen molar-refractivity contribution < 1.29 is 22.8 Å². The van der Waals surface area contributed by atoms with E-state index in [4.69, 9.17) is 0 Å². The topological polar surface area (TPSA) is 40.6 Å². The Morgan fingerprint density at radius 1 is 1.08 bits per heavy atom. The molecule has 2 aliphatic heterocycles. The third-order valence-electron chi connectivity index (χ3n) is 5.74. The third kappa shape index (κ3) is 3.02. The number of nitrogens with zero attached hydrogens (tertiary/aromatic N) is 2. The molecule has 1 aliphatic carbocycles. The summed E-state index contributed by atoms with van der Waals surface area (Å²) in [5, 5.41) is 0. The molecule has 4 nitrogen and oxygen atoms in total. The summed E-state index contributed by atoms with van der Waals surface area (Å²) in [5.41, 5.74) is 0.156. The van der Waals surface area contributed by atoms with E-state index in [9.17, 15) is 22.8 Å². The van der Waals surface area contributed by atoms with Crippen LogP contribution in [0, 0.1) is 10.8 Å². The van der Waals surface area contributed by atoms with Crippen LogP contribution in [-0.4, -0.2) is 53.0 Å². The molecule has 24 heavy (non-hydrogen) atoms. The van der Waals surface area contributed by atoms with Gasteiger partial charge in [-0.25, -0.2) is 0 Å². The van der Waals surface area contributed by atoms with Gasteiger partial charge >= 0.3 is 12.1 Å². The predicted molar refractivity (Wildman–Crippen MR) is 82.0 cm³/mol. The number of alkyl halides is 3. The Kier molecular flexibility index (Phi) is 3.92. The van der Waals surface area contributed by atoms with Crippen LogP contribution in [0.2, 0.25) is 0 Å². The van der Waals surface area contributed by atoms with Gasteiger partial charge in [-0.2, -0.15) is 13.2 Å². The van der Waals surface area contributed by atoms with E-state index in [1.807, 2.05) is 0 Å². The average Bonchev–Trinajstić information content (AvgIpc) is 2.97. The maximum absolute atomic E-state index is 12.9. The van der Waals surface area contributed by atoms with E-state index in [0.717, 1.165) is 24.2 Å². The lowest BCUT2D eigenvalue weighted by molar-refractivity contribution is -0.187. The fourth-order valence-corrected chi connectivity index (χ4v) is 5.34.